The molecule has 0 heterocycles. The average molecular weight is 427 g/mol. The van der Waals surface area contributed by atoms with Crippen LogP contribution in [0.2, 0.25) is 0 Å². The highest BCUT2D eigenvalue weighted by Crippen LogP contribution is 2.05. The molecule has 0 atom stereocenters. The second kappa shape index (κ2) is 19.3. The molecule has 0 saturated carbocycles. The van der Waals surface area contributed by atoms with Gasteiger partial charge in [0.05, 0.1) is 0 Å². The minimum atomic E-state index is 0. The SMILES string of the molecule is C=CC.C\C=C/C(/C=C\C(=N)OCc1ccccc1)=C(/C)N.O.Sc1ccccc1. The van der Waals surface area contributed by atoms with Crippen LogP contribution in [0.25, 0.3) is 0 Å². The molecule has 5 N–H and O–H groups in total. The molecule has 0 saturated heterocycles. The molecule has 0 aliphatic heterocycles. The Kier molecular flexibility index (Phi) is 18.8. The van der Waals surface area contributed by atoms with Gasteiger partial charge < -0.3 is 15.9 Å². The minimum Gasteiger partial charge on any atom is -0.473 e. The summed E-state index contributed by atoms with van der Waals surface area (Å²) in [6, 6.07) is 19.6. The van der Waals surface area contributed by atoms with Gasteiger partial charge in [-0.3, -0.25) is 5.41 Å². The van der Waals surface area contributed by atoms with Crippen LogP contribution in [-0.4, -0.2) is 11.4 Å². The van der Waals surface area contributed by atoms with Gasteiger partial charge in [0.1, 0.15) is 6.61 Å². The number of thiol groups is 1. The number of benzene rings is 2. The number of ether oxygens (including phenoxy) is 1. The fraction of sp³-hybridized carbons (Fsp3) is 0.160. The lowest BCUT2D eigenvalue weighted by molar-refractivity contribution is 0.292. The number of hydrogen-bond acceptors (Lipinski definition) is 4. The lowest BCUT2D eigenvalue weighted by atomic mass is 10.2. The van der Waals surface area contributed by atoms with Gasteiger partial charge in [0.15, 0.2) is 0 Å². The molecule has 2 rings (SSSR count). The van der Waals surface area contributed by atoms with Crippen molar-refractivity contribution in [3.05, 3.63) is 114 Å². The van der Waals surface area contributed by atoms with E-state index < -0.39 is 0 Å². The predicted octanol–water partition coefficient (Wildman–Crippen LogP) is 5.89. The molecular weight excluding hydrogens is 392 g/mol. The van der Waals surface area contributed by atoms with Gasteiger partial charge in [0.25, 0.3) is 0 Å². The number of nitrogens with two attached hydrogens (primary N) is 1. The summed E-state index contributed by atoms with van der Waals surface area (Å²) in [5.41, 5.74) is 8.38. The summed E-state index contributed by atoms with van der Waals surface area (Å²) in [6.45, 7) is 9.40. The first-order valence-corrected chi connectivity index (χ1v) is 9.72. The summed E-state index contributed by atoms with van der Waals surface area (Å²) >= 11 is 4.08. The maximum absolute atomic E-state index is 7.71. The lowest BCUT2D eigenvalue weighted by Crippen LogP contribution is -2.00. The van der Waals surface area contributed by atoms with Crippen molar-refractivity contribution in [3.8, 4) is 0 Å². The molecule has 0 radical (unpaired) electrons. The van der Waals surface area contributed by atoms with Crippen molar-refractivity contribution in [1.29, 1.82) is 5.41 Å². The van der Waals surface area contributed by atoms with Crippen LogP contribution in [0.3, 0.4) is 0 Å². The molecule has 2 aromatic rings. The monoisotopic (exact) mass is 426 g/mol. The first-order valence-electron chi connectivity index (χ1n) is 9.28. The van der Waals surface area contributed by atoms with Crippen LogP contribution in [0.4, 0.5) is 0 Å². The summed E-state index contributed by atoms with van der Waals surface area (Å²) < 4.78 is 5.35. The van der Waals surface area contributed by atoms with Gasteiger partial charge in [0.2, 0.25) is 5.90 Å². The molecule has 2 aromatic carbocycles. The maximum atomic E-state index is 7.71. The Hall–Kier alpha value is -3.02. The highest BCUT2D eigenvalue weighted by atomic mass is 32.1. The zero-order chi connectivity index (χ0) is 21.9. The Morgan fingerprint density at radius 3 is 1.90 bits per heavy atom. The van der Waals surface area contributed by atoms with Crippen LogP contribution in [0.1, 0.15) is 26.3 Å². The molecule has 0 bridgehead atoms. The van der Waals surface area contributed by atoms with Crippen molar-refractivity contribution in [1.82, 2.24) is 0 Å². The van der Waals surface area contributed by atoms with E-state index in [4.69, 9.17) is 15.9 Å². The van der Waals surface area contributed by atoms with Gasteiger partial charge in [-0.05, 0) is 50.1 Å². The van der Waals surface area contributed by atoms with Crippen molar-refractivity contribution < 1.29 is 10.2 Å². The standard InChI is InChI=1S/C16H20N2O.C6H6S.C3H6.H2O/c1-3-7-15(13(2)17)10-11-16(18)19-12-14-8-5-4-6-9-14;7-6-4-2-1-3-5-6;1-3-2;/h3-11,18H,12,17H2,1-2H3;1-5,7H;3H,1H2,2H3;1H2/b7-3-,11-10-,15-13+,18-16?;;;. The Labute approximate surface area is 186 Å². The largest absolute Gasteiger partial charge is 0.473 e. The third kappa shape index (κ3) is 16.0. The zero-order valence-corrected chi connectivity index (χ0v) is 18.9. The van der Waals surface area contributed by atoms with E-state index in [-0.39, 0.29) is 11.4 Å². The van der Waals surface area contributed by atoms with Crippen molar-refractivity contribution in [2.24, 2.45) is 5.73 Å². The van der Waals surface area contributed by atoms with E-state index in [1.165, 1.54) is 0 Å². The van der Waals surface area contributed by atoms with Gasteiger partial charge in [-0.1, -0.05) is 66.8 Å². The van der Waals surface area contributed by atoms with Crippen LogP contribution in [0.15, 0.2) is 114 Å². The van der Waals surface area contributed by atoms with E-state index in [0.717, 1.165) is 16.0 Å². The van der Waals surface area contributed by atoms with Crippen LogP contribution in [0.5, 0.6) is 0 Å². The minimum absolute atomic E-state index is 0. The first-order chi connectivity index (χ1) is 13.9. The van der Waals surface area contributed by atoms with Gasteiger partial charge in [-0.25, -0.2) is 0 Å². The summed E-state index contributed by atoms with van der Waals surface area (Å²) in [5, 5.41) is 7.71. The molecule has 4 nitrogen and oxygen atoms in total. The topological polar surface area (TPSA) is 90.6 Å². The highest BCUT2D eigenvalue weighted by molar-refractivity contribution is 7.80. The molecule has 0 spiro atoms. The van der Waals surface area contributed by atoms with Crippen LogP contribution in [0, 0.1) is 5.41 Å². The number of nitrogens with one attached hydrogen (secondary N) is 1. The van der Waals surface area contributed by atoms with E-state index in [9.17, 15) is 0 Å². The Balaban J connectivity index is 0. The van der Waals surface area contributed by atoms with Gasteiger partial charge >= 0.3 is 0 Å². The Morgan fingerprint density at radius 1 is 1.00 bits per heavy atom. The smallest absolute Gasteiger partial charge is 0.206 e. The number of hydrogen-bond donors (Lipinski definition) is 3. The van der Waals surface area contributed by atoms with Crippen LogP contribution < -0.4 is 5.73 Å². The van der Waals surface area contributed by atoms with Crippen molar-refractivity contribution in [3.63, 3.8) is 0 Å². The Morgan fingerprint density at radius 2 is 1.50 bits per heavy atom. The lowest BCUT2D eigenvalue weighted by Gasteiger charge is -2.04. The fourth-order valence-corrected chi connectivity index (χ4v) is 2.05. The molecule has 0 unspecified atom stereocenters. The van der Waals surface area contributed by atoms with E-state index in [1.807, 2.05) is 93.6 Å². The molecule has 5 heteroatoms. The molecule has 30 heavy (non-hydrogen) atoms. The molecule has 0 fully saturated rings. The van der Waals surface area contributed by atoms with Gasteiger partial charge in [0, 0.05) is 16.7 Å². The van der Waals surface area contributed by atoms with Gasteiger partial charge in [-0.2, -0.15) is 0 Å². The second-order valence-corrected chi connectivity index (χ2v) is 6.37. The molecule has 0 aliphatic carbocycles. The second-order valence-electron chi connectivity index (χ2n) is 5.85. The van der Waals surface area contributed by atoms with Crippen LogP contribution >= 0.6 is 12.6 Å². The molecule has 0 amide bonds. The van der Waals surface area contributed by atoms with E-state index in [1.54, 1.807) is 18.2 Å². The third-order valence-corrected chi connectivity index (χ3v) is 3.51. The maximum Gasteiger partial charge on any atom is 0.206 e. The molecular formula is C25H34N2O2S. The first kappa shape index (κ1) is 29.2. The quantitative estimate of drug-likeness (QED) is 0.183. The van der Waals surface area contributed by atoms with Crippen LogP contribution in [-0.2, 0) is 11.3 Å². The summed E-state index contributed by atoms with van der Waals surface area (Å²) in [6.07, 6.45) is 8.94. The van der Waals surface area contributed by atoms with Gasteiger partial charge in [-0.15, -0.1) is 19.2 Å². The van der Waals surface area contributed by atoms with E-state index in [0.29, 0.717) is 12.3 Å². The van der Waals surface area contributed by atoms with E-state index in [2.05, 4.69) is 19.2 Å². The molecule has 0 aliphatic rings. The highest BCUT2D eigenvalue weighted by Gasteiger charge is 1.96. The third-order valence-electron chi connectivity index (χ3n) is 3.21. The molecule has 0 aromatic heterocycles. The summed E-state index contributed by atoms with van der Waals surface area (Å²) in [5.74, 6) is 0.118. The van der Waals surface area contributed by atoms with Crippen molar-refractivity contribution in [2.75, 3.05) is 0 Å². The zero-order valence-electron chi connectivity index (χ0n) is 18.0. The predicted molar refractivity (Wildman–Crippen MR) is 133 cm³/mol. The number of allylic oxidation sites excluding steroid dienone is 6. The van der Waals surface area contributed by atoms with E-state index >= 15 is 0 Å². The molecule has 162 valence electrons. The summed E-state index contributed by atoms with van der Waals surface area (Å²) in [4.78, 5) is 1.02. The average Bonchev–Trinajstić information content (AvgIpc) is 2.72. The van der Waals surface area contributed by atoms with Crippen molar-refractivity contribution >= 4 is 18.5 Å². The normalized spacial score (nSPS) is 10.5. The van der Waals surface area contributed by atoms with Crippen molar-refractivity contribution in [2.45, 2.75) is 32.3 Å². The summed E-state index contributed by atoms with van der Waals surface area (Å²) in [7, 11) is 0. The Bertz CT molecular complexity index is 794. The fourth-order valence-electron chi connectivity index (χ4n) is 1.87. The number of rotatable bonds is 5.